The van der Waals surface area contributed by atoms with Gasteiger partial charge in [-0.3, -0.25) is 4.79 Å². The molecule has 0 radical (unpaired) electrons. The SMILES string of the molecule is O=C1NC(S)N(Cc2ccc(Cl)c(OC(F)(F)F)c2)c2cc[nH]c21. The van der Waals surface area contributed by atoms with Gasteiger partial charge < -0.3 is 19.9 Å². The fourth-order valence-electron chi connectivity index (χ4n) is 2.40. The average molecular weight is 378 g/mol. The number of H-pyrrole nitrogens is 1. The van der Waals surface area contributed by atoms with E-state index in [4.69, 9.17) is 11.6 Å². The number of amides is 1. The van der Waals surface area contributed by atoms with E-state index in [0.717, 1.165) is 0 Å². The highest BCUT2D eigenvalue weighted by Gasteiger charge is 2.33. The topological polar surface area (TPSA) is 57.4 Å². The molecule has 1 aromatic carbocycles. The molecular weight excluding hydrogens is 367 g/mol. The van der Waals surface area contributed by atoms with Gasteiger partial charge in [0.2, 0.25) is 0 Å². The summed E-state index contributed by atoms with van der Waals surface area (Å²) in [5.41, 5.74) is 0.859. The van der Waals surface area contributed by atoms with Crippen molar-refractivity contribution in [2.75, 3.05) is 4.90 Å². The summed E-state index contributed by atoms with van der Waals surface area (Å²) in [6.07, 6.45) is -3.23. The minimum absolute atomic E-state index is 0.146. The number of aromatic amines is 1. The maximum absolute atomic E-state index is 12.4. The normalized spacial score (nSPS) is 17.5. The van der Waals surface area contributed by atoms with Crippen molar-refractivity contribution in [2.24, 2.45) is 0 Å². The smallest absolute Gasteiger partial charge is 0.404 e. The molecule has 2 heterocycles. The second kappa shape index (κ2) is 6.14. The van der Waals surface area contributed by atoms with Crippen LogP contribution < -0.4 is 15.0 Å². The Balaban J connectivity index is 1.88. The Hall–Kier alpha value is -2.00. The summed E-state index contributed by atoms with van der Waals surface area (Å²) in [4.78, 5) is 16.4. The average Bonchev–Trinajstić information content (AvgIpc) is 2.95. The fraction of sp³-hybridized carbons (Fsp3) is 0.214. The Kier molecular flexibility index (Phi) is 4.31. The van der Waals surface area contributed by atoms with E-state index in [1.54, 1.807) is 23.2 Å². The summed E-state index contributed by atoms with van der Waals surface area (Å²) in [6, 6.07) is 5.81. The molecule has 10 heteroatoms. The van der Waals surface area contributed by atoms with Gasteiger partial charge in [0, 0.05) is 12.7 Å². The third-order valence-electron chi connectivity index (χ3n) is 3.39. The quantitative estimate of drug-likeness (QED) is 0.717. The number of hydrogen-bond donors (Lipinski definition) is 3. The lowest BCUT2D eigenvalue weighted by Gasteiger charge is -2.34. The van der Waals surface area contributed by atoms with Crippen molar-refractivity contribution < 1.29 is 22.7 Å². The number of alkyl halides is 3. The molecular formula is C14H11ClF3N3O2S. The summed E-state index contributed by atoms with van der Waals surface area (Å²) in [5.74, 6) is -0.781. The largest absolute Gasteiger partial charge is 0.573 e. The van der Waals surface area contributed by atoms with Gasteiger partial charge in [-0.1, -0.05) is 17.7 Å². The highest BCUT2D eigenvalue weighted by Crippen LogP contribution is 2.33. The molecule has 3 rings (SSSR count). The van der Waals surface area contributed by atoms with Gasteiger partial charge in [0.05, 0.1) is 10.7 Å². The number of nitrogens with one attached hydrogen (secondary N) is 2. The first kappa shape index (κ1) is 16.8. The zero-order chi connectivity index (χ0) is 17.5. The summed E-state index contributed by atoms with van der Waals surface area (Å²) >= 11 is 10.0. The second-order valence-electron chi connectivity index (χ2n) is 5.03. The number of anilines is 1. The zero-order valence-electron chi connectivity index (χ0n) is 11.9. The molecule has 1 aromatic heterocycles. The number of hydrogen-bond acceptors (Lipinski definition) is 4. The second-order valence-corrected chi connectivity index (χ2v) is 5.92. The molecule has 1 unspecified atom stereocenters. The van der Waals surface area contributed by atoms with E-state index in [1.807, 2.05) is 0 Å². The Morgan fingerprint density at radius 2 is 2.08 bits per heavy atom. The van der Waals surface area contributed by atoms with Gasteiger partial charge in [0.15, 0.2) is 0 Å². The van der Waals surface area contributed by atoms with E-state index >= 15 is 0 Å². The first-order valence-electron chi connectivity index (χ1n) is 6.72. The number of carbonyl (C=O) groups is 1. The maximum atomic E-state index is 12.4. The Labute approximate surface area is 145 Å². The Bertz CT molecular complexity index is 781. The number of fused-ring (bicyclic) bond motifs is 1. The van der Waals surface area contributed by atoms with Gasteiger partial charge in [0.1, 0.15) is 16.9 Å². The number of thiol groups is 1. The molecule has 0 aliphatic carbocycles. The predicted molar refractivity (Wildman–Crippen MR) is 85.4 cm³/mol. The third-order valence-corrected chi connectivity index (χ3v) is 4.11. The molecule has 24 heavy (non-hydrogen) atoms. The van der Waals surface area contributed by atoms with Crippen LogP contribution >= 0.6 is 24.2 Å². The molecule has 1 aliphatic rings. The van der Waals surface area contributed by atoms with Crippen LogP contribution in [0.25, 0.3) is 0 Å². The minimum Gasteiger partial charge on any atom is -0.404 e. The van der Waals surface area contributed by atoms with Crippen molar-refractivity contribution in [3.63, 3.8) is 0 Å². The molecule has 0 saturated heterocycles. The van der Waals surface area contributed by atoms with Crippen LogP contribution in [0.2, 0.25) is 5.02 Å². The van der Waals surface area contributed by atoms with Gasteiger partial charge in [0.25, 0.3) is 5.91 Å². The lowest BCUT2D eigenvalue weighted by atomic mass is 10.1. The van der Waals surface area contributed by atoms with E-state index in [2.05, 4.69) is 27.7 Å². The van der Waals surface area contributed by atoms with Gasteiger partial charge in [-0.05, 0) is 23.8 Å². The summed E-state index contributed by atoms with van der Waals surface area (Å²) in [7, 11) is 0. The maximum Gasteiger partial charge on any atom is 0.573 e. The first-order chi connectivity index (χ1) is 11.2. The van der Waals surface area contributed by atoms with Crippen LogP contribution in [0.3, 0.4) is 0 Å². The van der Waals surface area contributed by atoms with Crippen LogP contribution in [0.15, 0.2) is 30.5 Å². The highest BCUT2D eigenvalue weighted by molar-refractivity contribution is 7.81. The molecule has 2 N–H and O–H groups in total. The van der Waals surface area contributed by atoms with Crippen molar-refractivity contribution in [2.45, 2.75) is 18.4 Å². The van der Waals surface area contributed by atoms with Crippen molar-refractivity contribution >= 4 is 35.8 Å². The molecule has 0 spiro atoms. The van der Waals surface area contributed by atoms with Crippen molar-refractivity contribution in [3.8, 4) is 5.75 Å². The van der Waals surface area contributed by atoms with Crippen LogP contribution in [-0.2, 0) is 6.54 Å². The monoisotopic (exact) mass is 377 g/mol. The van der Waals surface area contributed by atoms with E-state index in [9.17, 15) is 18.0 Å². The number of rotatable bonds is 3. The Morgan fingerprint density at radius 1 is 1.33 bits per heavy atom. The van der Waals surface area contributed by atoms with Crippen LogP contribution in [0, 0.1) is 0 Å². The number of ether oxygens (including phenoxy) is 1. The van der Waals surface area contributed by atoms with Crippen molar-refractivity contribution in [3.05, 3.63) is 46.7 Å². The predicted octanol–water partition coefficient (Wildman–Crippen LogP) is 3.53. The molecule has 128 valence electrons. The van der Waals surface area contributed by atoms with Crippen LogP contribution in [-0.4, -0.2) is 22.8 Å². The number of nitrogens with zero attached hydrogens (tertiary/aromatic N) is 1. The van der Waals surface area contributed by atoms with Gasteiger partial charge in [-0.15, -0.1) is 25.8 Å². The van der Waals surface area contributed by atoms with Crippen LogP contribution in [0.5, 0.6) is 5.75 Å². The minimum atomic E-state index is -4.83. The summed E-state index contributed by atoms with van der Waals surface area (Å²) in [5, 5.41) is 2.49. The zero-order valence-corrected chi connectivity index (χ0v) is 13.5. The summed E-state index contributed by atoms with van der Waals surface area (Å²) < 4.78 is 41.2. The van der Waals surface area contributed by atoms with E-state index in [-0.39, 0.29) is 17.5 Å². The first-order valence-corrected chi connectivity index (χ1v) is 7.61. The lowest BCUT2D eigenvalue weighted by molar-refractivity contribution is -0.274. The highest BCUT2D eigenvalue weighted by atomic mass is 35.5. The molecule has 1 amide bonds. The van der Waals surface area contributed by atoms with Crippen LogP contribution in [0.4, 0.5) is 18.9 Å². The molecule has 5 nitrogen and oxygen atoms in total. The third kappa shape index (κ3) is 3.41. The molecule has 2 aromatic rings. The van der Waals surface area contributed by atoms with E-state index in [0.29, 0.717) is 16.9 Å². The van der Waals surface area contributed by atoms with Gasteiger partial charge in [-0.25, -0.2) is 0 Å². The van der Waals surface area contributed by atoms with Crippen molar-refractivity contribution in [1.82, 2.24) is 10.3 Å². The molecule has 0 bridgehead atoms. The summed E-state index contributed by atoms with van der Waals surface area (Å²) in [6.45, 7) is 0.199. The van der Waals surface area contributed by atoms with Gasteiger partial charge in [-0.2, -0.15) is 0 Å². The van der Waals surface area contributed by atoms with Crippen LogP contribution in [0.1, 0.15) is 16.1 Å². The molecule has 0 saturated carbocycles. The standard InChI is InChI=1S/C14H11ClF3N3O2S/c15-8-2-1-7(5-10(8)23-14(16,17)18)6-21-9-3-4-19-11(9)12(22)20-13(21)24/h1-5,13,19,24H,6H2,(H,20,22). The number of benzene rings is 1. The van der Waals surface area contributed by atoms with Gasteiger partial charge >= 0.3 is 6.36 Å². The lowest BCUT2D eigenvalue weighted by Crippen LogP contribution is -2.49. The van der Waals surface area contributed by atoms with E-state index < -0.39 is 17.6 Å². The van der Waals surface area contributed by atoms with E-state index in [1.165, 1.54) is 12.1 Å². The number of aromatic nitrogens is 1. The molecule has 0 fully saturated rings. The fourth-order valence-corrected chi connectivity index (χ4v) is 2.88. The molecule has 1 aliphatic heterocycles. The Morgan fingerprint density at radius 3 is 2.79 bits per heavy atom. The number of halogens is 4. The molecule has 1 atom stereocenters. The number of carbonyl (C=O) groups excluding carboxylic acids is 1. The van der Waals surface area contributed by atoms with Crippen molar-refractivity contribution in [1.29, 1.82) is 0 Å².